The van der Waals surface area contributed by atoms with E-state index in [-0.39, 0.29) is 34.0 Å². The number of hydrogen-bond donors (Lipinski definition) is 1. The van der Waals surface area contributed by atoms with Gasteiger partial charge in [-0.2, -0.15) is 0 Å². The minimum Gasteiger partial charge on any atom is -1.00 e. The zero-order valence-electron chi connectivity index (χ0n) is 10.6. The summed E-state index contributed by atoms with van der Waals surface area (Å²) in [6.45, 7) is 0. The van der Waals surface area contributed by atoms with Gasteiger partial charge in [-0.3, -0.25) is 19.4 Å². The Labute approximate surface area is 114 Å². The molecule has 6 heteroatoms. The molecule has 0 atom stereocenters. The van der Waals surface area contributed by atoms with E-state index in [2.05, 4.69) is 19.4 Å². The van der Waals surface area contributed by atoms with Crippen LogP contribution in [0, 0.1) is 0 Å². The fourth-order valence-corrected chi connectivity index (χ4v) is 1.36. The van der Waals surface area contributed by atoms with E-state index in [1.54, 1.807) is 0 Å². The van der Waals surface area contributed by atoms with Crippen molar-refractivity contribution in [1.82, 2.24) is 10.2 Å². The third-order valence-electron chi connectivity index (χ3n) is 1.74. The van der Waals surface area contributed by atoms with E-state index in [4.69, 9.17) is 0 Å². The highest BCUT2D eigenvalue weighted by Gasteiger charge is 2.25. The quantitative estimate of drug-likeness (QED) is 0.268. The molecular weight excluding hydrogens is 324 g/mol. The van der Waals surface area contributed by atoms with Crippen LogP contribution in [-0.2, 0) is 0 Å². The summed E-state index contributed by atoms with van der Waals surface area (Å²) in [5.41, 5.74) is 0. The summed E-state index contributed by atoms with van der Waals surface area (Å²) < 4.78 is 4.15. The average Bonchev–Trinajstić information content (AvgIpc) is 1.97. The van der Waals surface area contributed by atoms with Gasteiger partial charge < -0.3 is 34.0 Å². The molecule has 92 valence electrons. The van der Waals surface area contributed by atoms with Crippen molar-refractivity contribution in [3.05, 3.63) is 0 Å². The van der Waals surface area contributed by atoms with Crippen LogP contribution in [0.2, 0.25) is 0 Å². The number of likely N-dealkylation sites (N-methyl/N-ethyl adjacent to an activating group) is 2. The SMILES string of the molecule is CNC(C(N(C)C)=[N+](C)C)=[N+](C)C.[Br-].[Br-]. The van der Waals surface area contributed by atoms with Gasteiger partial charge in [0.1, 0.15) is 0 Å². The summed E-state index contributed by atoms with van der Waals surface area (Å²) in [4.78, 5) is 2.09. The van der Waals surface area contributed by atoms with Gasteiger partial charge >= 0.3 is 11.7 Å². The molecule has 0 aliphatic heterocycles. The smallest absolute Gasteiger partial charge is 0.361 e. The lowest BCUT2D eigenvalue weighted by Crippen LogP contribution is -3.00. The Morgan fingerprint density at radius 1 is 0.933 bits per heavy atom. The summed E-state index contributed by atoms with van der Waals surface area (Å²) in [6, 6.07) is 0. The first-order valence-corrected chi connectivity index (χ1v) is 4.35. The maximum absolute atomic E-state index is 3.19. The van der Waals surface area contributed by atoms with E-state index < -0.39 is 0 Å². The second kappa shape index (κ2) is 9.15. The first kappa shape index (κ1) is 20.3. The van der Waals surface area contributed by atoms with Crippen LogP contribution < -0.4 is 39.3 Å². The molecule has 0 spiro atoms. The van der Waals surface area contributed by atoms with Crippen molar-refractivity contribution in [2.24, 2.45) is 0 Å². The van der Waals surface area contributed by atoms with Crippen molar-refractivity contribution < 1.29 is 43.1 Å². The predicted molar refractivity (Wildman–Crippen MR) is 57.0 cm³/mol. The van der Waals surface area contributed by atoms with Gasteiger partial charge in [-0.15, -0.1) is 0 Å². The second-order valence-electron chi connectivity index (χ2n) is 3.61. The summed E-state index contributed by atoms with van der Waals surface area (Å²) in [6.07, 6.45) is 0. The molecule has 0 aromatic carbocycles. The monoisotopic (exact) mass is 344 g/mol. The fraction of sp³-hybridized carbons (Fsp3) is 0.778. The summed E-state index contributed by atoms with van der Waals surface area (Å²) in [7, 11) is 14.1. The molecule has 0 aromatic heterocycles. The average molecular weight is 346 g/mol. The van der Waals surface area contributed by atoms with E-state index in [9.17, 15) is 0 Å². The zero-order valence-corrected chi connectivity index (χ0v) is 13.8. The Balaban J connectivity index is -0.000000720. The third kappa shape index (κ3) is 6.14. The largest absolute Gasteiger partial charge is 1.00 e. The topological polar surface area (TPSA) is 21.3 Å². The predicted octanol–water partition coefficient (Wildman–Crippen LogP) is -6.88. The van der Waals surface area contributed by atoms with Crippen LogP contribution in [0.5, 0.6) is 0 Å². The lowest BCUT2D eigenvalue weighted by molar-refractivity contribution is -0.483. The number of nitrogens with zero attached hydrogens (tertiary/aromatic N) is 3. The van der Waals surface area contributed by atoms with Crippen molar-refractivity contribution >= 4 is 11.7 Å². The van der Waals surface area contributed by atoms with Crippen LogP contribution in [0.1, 0.15) is 0 Å². The molecule has 0 fully saturated rings. The highest BCUT2D eigenvalue weighted by Crippen LogP contribution is 1.84. The summed E-state index contributed by atoms with van der Waals surface area (Å²) >= 11 is 0. The highest BCUT2D eigenvalue weighted by molar-refractivity contribution is 6.35. The first-order chi connectivity index (χ1) is 5.91. The van der Waals surface area contributed by atoms with Crippen LogP contribution in [0.4, 0.5) is 0 Å². The summed E-state index contributed by atoms with van der Waals surface area (Å²) in [5, 5.41) is 3.19. The van der Waals surface area contributed by atoms with E-state index in [0.29, 0.717) is 0 Å². The second-order valence-corrected chi connectivity index (χ2v) is 3.61. The molecule has 0 amide bonds. The Morgan fingerprint density at radius 3 is 1.40 bits per heavy atom. The lowest BCUT2D eigenvalue weighted by Gasteiger charge is -2.10. The number of amidine groups is 2. The number of rotatable bonds is 0. The number of hydrogen-bond acceptors (Lipinski definition) is 0. The van der Waals surface area contributed by atoms with Gasteiger partial charge in [0.05, 0.1) is 49.3 Å². The van der Waals surface area contributed by atoms with Crippen LogP contribution in [0.3, 0.4) is 0 Å². The van der Waals surface area contributed by atoms with Crippen molar-refractivity contribution in [2.75, 3.05) is 49.3 Å². The molecule has 0 heterocycles. The van der Waals surface area contributed by atoms with E-state index in [1.165, 1.54) is 0 Å². The Kier molecular flexibility index (Phi) is 12.4. The van der Waals surface area contributed by atoms with Crippen LogP contribution >= 0.6 is 0 Å². The van der Waals surface area contributed by atoms with Crippen molar-refractivity contribution in [2.45, 2.75) is 0 Å². The number of halogens is 2. The molecular formula is C9H22Br2N4. The van der Waals surface area contributed by atoms with Gasteiger partial charge in [0.2, 0.25) is 0 Å². The van der Waals surface area contributed by atoms with Crippen molar-refractivity contribution in [3.8, 4) is 0 Å². The van der Waals surface area contributed by atoms with Gasteiger partial charge in [-0.05, 0) is 0 Å². The Bertz CT molecular complexity index is 238. The Morgan fingerprint density at radius 2 is 1.33 bits per heavy atom. The highest BCUT2D eigenvalue weighted by atomic mass is 79.9. The maximum Gasteiger partial charge on any atom is 0.361 e. The van der Waals surface area contributed by atoms with Gasteiger partial charge in [0.15, 0.2) is 0 Å². The molecule has 0 aromatic rings. The van der Waals surface area contributed by atoms with E-state index in [0.717, 1.165) is 11.7 Å². The third-order valence-corrected chi connectivity index (χ3v) is 1.74. The van der Waals surface area contributed by atoms with E-state index in [1.807, 2.05) is 49.3 Å². The minimum absolute atomic E-state index is 0. The molecule has 15 heavy (non-hydrogen) atoms. The fourth-order valence-electron chi connectivity index (χ4n) is 1.36. The summed E-state index contributed by atoms with van der Waals surface area (Å²) in [5.74, 6) is 2.27. The maximum atomic E-state index is 3.19. The molecule has 0 aliphatic rings. The zero-order chi connectivity index (χ0) is 10.6. The molecule has 0 aliphatic carbocycles. The standard InChI is InChI=1S/C9H21N4.2BrH/c1-10-8(11(2)3)9(12(4)5)13(6)7;;/h1-7H3;2*1H/q+1;;/p-1. The van der Waals surface area contributed by atoms with E-state index >= 15 is 0 Å². The van der Waals surface area contributed by atoms with Gasteiger partial charge in [-0.1, -0.05) is 0 Å². The first-order valence-electron chi connectivity index (χ1n) is 4.35. The molecule has 0 saturated carbocycles. The van der Waals surface area contributed by atoms with Crippen molar-refractivity contribution in [1.29, 1.82) is 0 Å². The molecule has 0 radical (unpaired) electrons. The molecule has 0 unspecified atom stereocenters. The minimum atomic E-state index is 0. The Hall–Kier alpha value is -0.100. The molecule has 0 bridgehead atoms. The molecule has 0 rings (SSSR count). The normalized spacial score (nSPS) is 7.93. The van der Waals surface area contributed by atoms with Gasteiger partial charge in [0.25, 0.3) is 0 Å². The van der Waals surface area contributed by atoms with Crippen molar-refractivity contribution in [3.63, 3.8) is 0 Å². The van der Waals surface area contributed by atoms with Gasteiger partial charge in [0, 0.05) is 0 Å². The van der Waals surface area contributed by atoms with Gasteiger partial charge in [-0.25, -0.2) is 0 Å². The molecule has 0 saturated heterocycles. The van der Waals surface area contributed by atoms with Crippen LogP contribution in [-0.4, -0.2) is 75.1 Å². The van der Waals surface area contributed by atoms with Crippen LogP contribution in [0.15, 0.2) is 0 Å². The number of nitrogens with one attached hydrogen (secondary N) is 1. The lowest BCUT2D eigenvalue weighted by atomic mass is 10.4. The van der Waals surface area contributed by atoms with Crippen LogP contribution in [0.25, 0.3) is 0 Å². The molecule has 4 nitrogen and oxygen atoms in total. The molecule has 1 N–H and O–H groups in total.